The van der Waals surface area contributed by atoms with Crippen LogP contribution >= 0.6 is 11.6 Å². The predicted molar refractivity (Wildman–Crippen MR) is 72.9 cm³/mol. The molecule has 7 heteroatoms. The molecule has 3 N–H and O–H groups in total. The maximum Gasteiger partial charge on any atom is 0.334 e. The standard InChI is InChI=1S/C13H16ClNO5/c1-7-5-9(14)3-4-11(7)20-8(2)12(17)15-6-10(16)13(18)19/h3-5,8,10,16H,6H2,1-2H3,(H,15,17)(H,18,19). The molecule has 2 unspecified atom stereocenters. The van der Waals surface area contributed by atoms with Crippen LogP contribution < -0.4 is 10.1 Å². The Morgan fingerprint density at radius 1 is 1.45 bits per heavy atom. The average Bonchev–Trinajstić information content (AvgIpc) is 2.38. The Kier molecular flexibility index (Phi) is 5.79. The van der Waals surface area contributed by atoms with Gasteiger partial charge in [0.25, 0.3) is 5.91 Å². The third-order valence-corrected chi connectivity index (χ3v) is 2.80. The highest BCUT2D eigenvalue weighted by Crippen LogP contribution is 2.22. The molecule has 1 aromatic rings. The maximum atomic E-state index is 11.7. The minimum atomic E-state index is -1.64. The van der Waals surface area contributed by atoms with E-state index < -0.39 is 24.1 Å². The van der Waals surface area contributed by atoms with E-state index in [1.54, 1.807) is 25.1 Å². The number of carboxylic acids is 1. The van der Waals surface area contributed by atoms with E-state index in [-0.39, 0.29) is 6.54 Å². The van der Waals surface area contributed by atoms with Gasteiger partial charge in [0.05, 0.1) is 6.54 Å². The molecule has 0 aliphatic carbocycles. The summed E-state index contributed by atoms with van der Waals surface area (Å²) < 4.78 is 5.45. The molecule has 0 aliphatic rings. The molecule has 6 nitrogen and oxygen atoms in total. The summed E-state index contributed by atoms with van der Waals surface area (Å²) in [5.41, 5.74) is 0.780. The van der Waals surface area contributed by atoms with E-state index in [9.17, 15) is 9.59 Å². The molecule has 0 fully saturated rings. The number of carbonyl (C=O) groups is 2. The Morgan fingerprint density at radius 2 is 2.10 bits per heavy atom. The summed E-state index contributed by atoms with van der Waals surface area (Å²) in [5, 5.41) is 20.4. The summed E-state index contributed by atoms with van der Waals surface area (Å²) in [5.74, 6) is -1.40. The monoisotopic (exact) mass is 301 g/mol. The van der Waals surface area contributed by atoms with Crippen molar-refractivity contribution in [2.24, 2.45) is 0 Å². The summed E-state index contributed by atoms with van der Waals surface area (Å²) in [6.07, 6.45) is -2.46. The van der Waals surface area contributed by atoms with E-state index in [1.807, 2.05) is 0 Å². The first-order valence-electron chi connectivity index (χ1n) is 5.92. The zero-order valence-electron chi connectivity index (χ0n) is 11.1. The van der Waals surface area contributed by atoms with Crippen LogP contribution in [0.15, 0.2) is 18.2 Å². The summed E-state index contributed by atoms with van der Waals surface area (Å²) in [6.45, 7) is 2.94. The van der Waals surface area contributed by atoms with Crippen molar-refractivity contribution in [3.8, 4) is 5.75 Å². The Bertz CT molecular complexity index is 506. The number of ether oxygens (including phenoxy) is 1. The van der Waals surface area contributed by atoms with E-state index in [0.29, 0.717) is 10.8 Å². The van der Waals surface area contributed by atoms with Crippen molar-refractivity contribution in [1.82, 2.24) is 5.32 Å². The first kappa shape index (κ1) is 16.3. The van der Waals surface area contributed by atoms with Crippen LogP contribution in [-0.2, 0) is 9.59 Å². The van der Waals surface area contributed by atoms with Crippen molar-refractivity contribution < 1.29 is 24.5 Å². The first-order chi connectivity index (χ1) is 9.31. The molecule has 0 bridgehead atoms. The SMILES string of the molecule is Cc1cc(Cl)ccc1OC(C)C(=O)NCC(O)C(=O)O. The lowest BCUT2D eigenvalue weighted by atomic mass is 10.2. The van der Waals surface area contributed by atoms with Crippen LogP contribution in [0.3, 0.4) is 0 Å². The number of carboxylic acid groups (broad SMARTS) is 1. The molecule has 0 saturated carbocycles. The normalized spacial score (nSPS) is 13.4. The fourth-order valence-corrected chi connectivity index (χ4v) is 1.64. The fourth-order valence-electron chi connectivity index (χ4n) is 1.42. The lowest BCUT2D eigenvalue weighted by molar-refractivity contribution is -0.146. The van der Waals surface area contributed by atoms with Crippen molar-refractivity contribution in [2.75, 3.05) is 6.54 Å². The lowest BCUT2D eigenvalue weighted by Gasteiger charge is -2.17. The van der Waals surface area contributed by atoms with Crippen molar-refractivity contribution in [1.29, 1.82) is 0 Å². The van der Waals surface area contributed by atoms with E-state index in [1.165, 1.54) is 6.92 Å². The number of rotatable bonds is 6. The number of aliphatic hydroxyl groups excluding tert-OH is 1. The molecule has 0 aliphatic heterocycles. The van der Waals surface area contributed by atoms with Gasteiger partial charge >= 0.3 is 5.97 Å². The lowest BCUT2D eigenvalue weighted by Crippen LogP contribution is -2.42. The van der Waals surface area contributed by atoms with E-state index in [4.69, 9.17) is 26.6 Å². The number of amides is 1. The van der Waals surface area contributed by atoms with Gasteiger partial charge in [0, 0.05) is 5.02 Å². The smallest absolute Gasteiger partial charge is 0.334 e. The highest BCUT2D eigenvalue weighted by molar-refractivity contribution is 6.30. The largest absolute Gasteiger partial charge is 0.481 e. The van der Waals surface area contributed by atoms with Crippen molar-refractivity contribution in [2.45, 2.75) is 26.1 Å². The number of hydrogen-bond acceptors (Lipinski definition) is 4. The minimum Gasteiger partial charge on any atom is -0.481 e. The molecule has 110 valence electrons. The molecular weight excluding hydrogens is 286 g/mol. The number of aliphatic carboxylic acids is 1. The van der Waals surface area contributed by atoms with Crippen LogP contribution in [0.2, 0.25) is 5.02 Å². The van der Waals surface area contributed by atoms with E-state index in [2.05, 4.69) is 5.32 Å². The molecule has 0 saturated heterocycles. The number of halogens is 1. The summed E-state index contributed by atoms with van der Waals surface area (Å²) >= 11 is 5.81. The van der Waals surface area contributed by atoms with Gasteiger partial charge in [-0.2, -0.15) is 0 Å². The third kappa shape index (κ3) is 4.71. The number of aryl methyl sites for hydroxylation is 1. The molecule has 1 amide bonds. The Morgan fingerprint density at radius 3 is 2.65 bits per heavy atom. The Hall–Kier alpha value is -1.79. The second kappa shape index (κ2) is 7.12. The van der Waals surface area contributed by atoms with Gasteiger partial charge in [0.1, 0.15) is 5.75 Å². The molecule has 0 heterocycles. The zero-order chi connectivity index (χ0) is 15.3. The summed E-state index contributed by atoms with van der Waals surface area (Å²) in [4.78, 5) is 22.1. The molecule has 1 aromatic carbocycles. The van der Waals surface area contributed by atoms with Gasteiger partial charge < -0.3 is 20.3 Å². The van der Waals surface area contributed by atoms with Gasteiger partial charge in [-0.05, 0) is 37.6 Å². The number of benzene rings is 1. The van der Waals surface area contributed by atoms with E-state index in [0.717, 1.165) is 5.56 Å². The van der Waals surface area contributed by atoms with Gasteiger partial charge in [0.2, 0.25) is 0 Å². The highest BCUT2D eigenvalue weighted by Gasteiger charge is 2.19. The summed E-state index contributed by atoms with van der Waals surface area (Å²) in [6, 6.07) is 4.99. The zero-order valence-corrected chi connectivity index (χ0v) is 11.8. The molecule has 20 heavy (non-hydrogen) atoms. The second-order valence-electron chi connectivity index (χ2n) is 4.27. The van der Waals surface area contributed by atoms with Crippen LogP contribution in [0.1, 0.15) is 12.5 Å². The summed E-state index contributed by atoms with van der Waals surface area (Å²) in [7, 11) is 0. The topological polar surface area (TPSA) is 95.9 Å². The fraction of sp³-hybridized carbons (Fsp3) is 0.385. The highest BCUT2D eigenvalue weighted by atomic mass is 35.5. The minimum absolute atomic E-state index is 0.374. The van der Waals surface area contributed by atoms with Gasteiger partial charge in [-0.25, -0.2) is 4.79 Å². The Labute approximate surface area is 121 Å². The molecule has 0 aromatic heterocycles. The van der Waals surface area contributed by atoms with Gasteiger partial charge in [-0.15, -0.1) is 0 Å². The third-order valence-electron chi connectivity index (χ3n) is 2.56. The first-order valence-corrected chi connectivity index (χ1v) is 6.30. The second-order valence-corrected chi connectivity index (χ2v) is 4.71. The Balaban J connectivity index is 2.55. The van der Waals surface area contributed by atoms with Gasteiger partial charge in [0.15, 0.2) is 12.2 Å². The molecule has 2 atom stereocenters. The van der Waals surface area contributed by atoms with Crippen molar-refractivity contribution in [3.63, 3.8) is 0 Å². The molecule has 0 spiro atoms. The average molecular weight is 302 g/mol. The molecular formula is C13H16ClNO5. The van der Waals surface area contributed by atoms with Crippen LogP contribution in [-0.4, -0.2) is 40.8 Å². The predicted octanol–water partition coefficient (Wildman–Crippen LogP) is 0.977. The van der Waals surface area contributed by atoms with Gasteiger partial charge in [-0.3, -0.25) is 4.79 Å². The maximum absolute atomic E-state index is 11.7. The van der Waals surface area contributed by atoms with Crippen LogP contribution in [0.25, 0.3) is 0 Å². The van der Waals surface area contributed by atoms with Crippen LogP contribution in [0, 0.1) is 6.92 Å². The molecule has 0 radical (unpaired) electrons. The quantitative estimate of drug-likeness (QED) is 0.728. The number of aliphatic hydroxyl groups is 1. The van der Waals surface area contributed by atoms with Crippen molar-refractivity contribution in [3.05, 3.63) is 28.8 Å². The van der Waals surface area contributed by atoms with Crippen LogP contribution in [0.4, 0.5) is 0 Å². The van der Waals surface area contributed by atoms with Crippen LogP contribution in [0.5, 0.6) is 5.75 Å². The number of hydrogen-bond donors (Lipinski definition) is 3. The number of nitrogens with one attached hydrogen (secondary N) is 1. The number of carbonyl (C=O) groups excluding carboxylic acids is 1. The van der Waals surface area contributed by atoms with Gasteiger partial charge in [-0.1, -0.05) is 11.6 Å². The molecule has 1 rings (SSSR count). The van der Waals surface area contributed by atoms with Crippen molar-refractivity contribution >= 4 is 23.5 Å². The van der Waals surface area contributed by atoms with E-state index >= 15 is 0 Å².